The molecule has 3 aromatic carbocycles. The Balaban J connectivity index is 0.000000213. The first-order valence-electron chi connectivity index (χ1n) is 15.2. The first-order valence-corrected chi connectivity index (χ1v) is 16.5. The number of halogens is 2. The molecule has 1 fully saturated rings. The number of hydrogen-bond donors (Lipinski definition) is 0. The minimum absolute atomic E-state index is 0. The first kappa shape index (κ1) is 35.1. The molecule has 1 unspecified atom stereocenters. The van der Waals surface area contributed by atoms with Gasteiger partial charge in [0.1, 0.15) is 0 Å². The Morgan fingerprint density at radius 3 is 1.60 bits per heavy atom. The topological polar surface area (TPSA) is 0 Å². The molecule has 0 spiro atoms. The predicted molar refractivity (Wildman–Crippen MR) is 174 cm³/mol. The molecule has 0 aromatic heterocycles. The van der Waals surface area contributed by atoms with Gasteiger partial charge in [0.2, 0.25) is 0 Å². The van der Waals surface area contributed by atoms with Crippen LogP contribution in [-0.2, 0) is 35.1 Å². The van der Waals surface area contributed by atoms with Crippen molar-refractivity contribution in [1.29, 1.82) is 0 Å². The summed E-state index contributed by atoms with van der Waals surface area (Å²) in [6.07, 6.45) is 24.2. The standard InChI is InChI=1S/C23H21.C10H15.C6H10.2ClH.Zr/c1-22(2)7-5-14-10-18-16(12-20(14)22)9-17-13-21-15(11-19(17)18)6-8-23(21,3)4;1-8-5-6-9(7-8)10(2,3)4;1-2-4-6-5-3-1;;;/h5-13H,1-4H3;6-8H,1-4H3;1-5H2;2*1H;/q2*-1;;;;+2/p-2. The zero-order valence-corrected chi connectivity index (χ0v) is 30.7. The molecular weight excluding hydrogens is 631 g/mol. The van der Waals surface area contributed by atoms with E-state index in [2.05, 4.69) is 128 Å². The van der Waals surface area contributed by atoms with Crippen molar-refractivity contribution in [3.63, 3.8) is 0 Å². The molecule has 42 heavy (non-hydrogen) atoms. The van der Waals surface area contributed by atoms with E-state index in [0.29, 0.717) is 11.3 Å². The molecule has 0 bridgehead atoms. The van der Waals surface area contributed by atoms with Gasteiger partial charge >= 0.3 is 59.5 Å². The number of allylic oxidation sites excluding steroid dienone is 6. The van der Waals surface area contributed by atoms with Crippen LogP contribution in [0, 0.1) is 17.4 Å². The molecule has 0 N–H and O–H groups in total. The van der Waals surface area contributed by atoms with E-state index in [-0.39, 0.29) is 35.6 Å². The Kier molecular flexibility index (Phi) is 11.1. The van der Waals surface area contributed by atoms with Crippen molar-refractivity contribution in [3.8, 4) is 0 Å². The molecule has 3 heteroatoms. The van der Waals surface area contributed by atoms with Crippen molar-refractivity contribution in [1.82, 2.24) is 0 Å². The van der Waals surface area contributed by atoms with Gasteiger partial charge in [0.25, 0.3) is 0 Å². The van der Waals surface area contributed by atoms with Crippen LogP contribution in [0.3, 0.4) is 0 Å². The third-order valence-electron chi connectivity index (χ3n) is 9.05. The van der Waals surface area contributed by atoms with Gasteiger partial charge in [-0.05, 0) is 11.1 Å². The van der Waals surface area contributed by atoms with Gasteiger partial charge in [-0.1, -0.05) is 114 Å². The Labute approximate surface area is 282 Å². The maximum absolute atomic E-state index is 3.26. The fourth-order valence-electron chi connectivity index (χ4n) is 6.34. The van der Waals surface area contributed by atoms with Gasteiger partial charge in [-0.3, -0.25) is 6.08 Å². The van der Waals surface area contributed by atoms with Crippen LogP contribution in [0.2, 0.25) is 0 Å². The van der Waals surface area contributed by atoms with E-state index in [0.717, 1.165) is 0 Å². The van der Waals surface area contributed by atoms with Gasteiger partial charge in [-0.15, -0.1) is 39.7 Å². The number of rotatable bonds is 0. The minimum atomic E-state index is 0. The van der Waals surface area contributed by atoms with Crippen molar-refractivity contribution in [3.05, 3.63) is 88.5 Å². The molecule has 4 aliphatic rings. The molecule has 4 aliphatic carbocycles. The van der Waals surface area contributed by atoms with Crippen molar-refractivity contribution in [2.24, 2.45) is 11.3 Å². The molecule has 0 amide bonds. The maximum atomic E-state index is 3.26. The number of hydrogen-bond acceptors (Lipinski definition) is 0. The summed E-state index contributed by atoms with van der Waals surface area (Å²) in [5.74, 6) is 0.522. The fraction of sp³-hybridized carbons (Fsp3) is 0.436. The van der Waals surface area contributed by atoms with Crippen LogP contribution in [0.15, 0.2) is 60.2 Å². The van der Waals surface area contributed by atoms with E-state index in [4.69, 9.17) is 0 Å². The fourth-order valence-corrected chi connectivity index (χ4v) is 7.21. The third kappa shape index (κ3) is 7.45. The second kappa shape index (κ2) is 13.3. The third-order valence-corrected chi connectivity index (χ3v) is 10.3. The van der Waals surface area contributed by atoms with Gasteiger partial charge in [0.05, 0.1) is 0 Å². The quantitative estimate of drug-likeness (QED) is 0.296. The molecular formula is C39H46Cl2Zr-2. The van der Waals surface area contributed by atoms with Gasteiger partial charge in [0, 0.05) is 10.8 Å². The molecule has 1 saturated carbocycles. The summed E-state index contributed by atoms with van der Waals surface area (Å²) in [6, 6.07) is 11.9. The van der Waals surface area contributed by atoms with Crippen LogP contribution in [0.4, 0.5) is 0 Å². The number of fused-ring (bicyclic) bond motifs is 5. The average Bonchev–Trinajstić information content (AvgIpc) is 3.63. The summed E-state index contributed by atoms with van der Waals surface area (Å²) in [6.45, 7) is 18.0. The zero-order valence-electron chi connectivity index (χ0n) is 26.7. The van der Waals surface area contributed by atoms with Gasteiger partial charge in [-0.2, -0.15) is 11.6 Å². The number of benzene rings is 2. The summed E-state index contributed by atoms with van der Waals surface area (Å²) in [4.78, 5) is 0. The van der Waals surface area contributed by atoms with Crippen molar-refractivity contribution >= 4 is 36.9 Å². The molecule has 0 heterocycles. The Hall–Kier alpha value is -1.40. The van der Waals surface area contributed by atoms with E-state index in [1.807, 2.05) is 0 Å². The summed E-state index contributed by atoms with van der Waals surface area (Å²) < 4.78 is 1.80. The van der Waals surface area contributed by atoms with Crippen molar-refractivity contribution in [2.45, 2.75) is 98.3 Å². The molecule has 7 rings (SSSR count). The molecule has 1 atom stereocenters. The second-order valence-corrected chi connectivity index (χ2v) is 16.2. The van der Waals surface area contributed by atoms with Gasteiger partial charge in [0.15, 0.2) is 0 Å². The Bertz CT molecular complexity index is 1490. The summed E-state index contributed by atoms with van der Waals surface area (Å²) >= 11 is 1.69. The van der Waals surface area contributed by atoms with Crippen molar-refractivity contribution < 1.29 is 49.0 Å². The normalized spacial score (nSPS) is 20.6. The van der Waals surface area contributed by atoms with Gasteiger partial charge < -0.3 is 24.8 Å². The van der Waals surface area contributed by atoms with Crippen LogP contribution in [0.5, 0.6) is 0 Å². The zero-order chi connectivity index (χ0) is 28.9. The van der Waals surface area contributed by atoms with Crippen molar-refractivity contribution in [2.75, 3.05) is 0 Å². The van der Waals surface area contributed by atoms with Crippen LogP contribution >= 0.6 is 0 Å². The SMILES string of the molecule is CC1(C)C=Cc2cc3c(cc21)[cH-]c1cc2c(cc13)C=CC2(C)C.CC1[C-]=CC(C(C)(C)C)=C1.[Cl-].[Cl-].[Zr+2]=[C]1CCCCC1. The molecule has 0 radical (unpaired) electrons. The van der Waals surface area contributed by atoms with Gasteiger partial charge in [-0.25, -0.2) is 6.08 Å². The summed E-state index contributed by atoms with van der Waals surface area (Å²) in [5.41, 5.74) is 7.69. The second-order valence-electron chi connectivity index (χ2n) is 14.4. The van der Waals surface area contributed by atoms with E-state index >= 15 is 0 Å². The van der Waals surface area contributed by atoms with Crippen LogP contribution < -0.4 is 24.8 Å². The monoisotopic (exact) mass is 674 g/mol. The first-order chi connectivity index (χ1) is 18.7. The van der Waals surface area contributed by atoms with E-state index in [9.17, 15) is 0 Å². The average molecular weight is 677 g/mol. The van der Waals surface area contributed by atoms with Crippen LogP contribution in [0.25, 0.3) is 33.7 Å². The summed E-state index contributed by atoms with van der Waals surface area (Å²) in [5, 5.41) is 5.53. The van der Waals surface area contributed by atoms with E-state index < -0.39 is 0 Å². The van der Waals surface area contributed by atoms with Crippen LogP contribution in [0.1, 0.15) is 110 Å². The molecule has 0 saturated heterocycles. The Morgan fingerprint density at radius 1 is 0.786 bits per heavy atom. The summed E-state index contributed by atoms with van der Waals surface area (Å²) in [7, 11) is 0. The predicted octanol–water partition coefficient (Wildman–Crippen LogP) is 4.97. The molecule has 0 nitrogen and oxygen atoms in total. The molecule has 222 valence electrons. The Morgan fingerprint density at radius 2 is 1.26 bits per heavy atom. The molecule has 3 aromatic rings. The van der Waals surface area contributed by atoms with Crippen LogP contribution in [-0.4, -0.2) is 3.21 Å². The van der Waals surface area contributed by atoms with E-state index in [1.165, 1.54) is 81.5 Å². The molecule has 0 aliphatic heterocycles. The van der Waals surface area contributed by atoms with E-state index in [1.54, 1.807) is 27.4 Å².